The maximum atomic E-state index is 12.9. The largest absolute Gasteiger partial charge is 0.405 e. The Balaban J connectivity index is 3.26. The van der Waals surface area contributed by atoms with Gasteiger partial charge >= 0.3 is 6.18 Å². The van der Waals surface area contributed by atoms with Gasteiger partial charge in [-0.05, 0) is 42.7 Å². The summed E-state index contributed by atoms with van der Waals surface area (Å²) in [6, 6.07) is 2.20. The molecule has 0 saturated carbocycles. The molecule has 0 radical (unpaired) electrons. The van der Waals surface area contributed by atoms with Crippen molar-refractivity contribution in [1.29, 1.82) is 0 Å². The SMILES string of the molecule is Cc1cc(F)cc(C)c1C(Br)C(F)(F)F. The minimum atomic E-state index is -4.37. The van der Waals surface area contributed by atoms with Gasteiger partial charge in [0.1, 0.15) is 10.6 Å². The zero-order chi connectivity index (χ0) is 11.8. The molecule has 84 valence electrons. The van der Waals surface area contributed by atoms with E-state index in [0.29, 0.717) is 11.1 Å². The fourth-order valence-electron chi connectivity index (χ4n) is 1.49. The number of halogens is 5. The van der Waals surface area contributed by atoms with Crippen molar-refractivity contribution in [3.05, 3.63) is 34.6 Å². The van der Waals surface area contributed by atoms with Crippen LogP contribution in [0.15, 0.2) is 12.1 Å². The van der Waals surface area contributed by atoms with Gasteiger partial charge in [0, 0.05) is 0 Å². The van der Waals surface area contributed by atoms with Gasteiger partial charge in [-0.2, -0.15) is 13.2 Å². The van der Waals surface area contributed by atoms with Crippen LogP contribution in [-0.2, 0) is 0 Å². The molecule has 0 aliphatic heterocycles. The predicted octanol–water partition coefficient (Wildman–Crippen LogP) is 4.44. The summed E-state index contributed by atoms with van der Waals surface area (Å²) < 4.78 is 50.2. The molecule has 0 heterocycles. The first-order valence-corrected chi connectivity index (χ1v) is 5.12. The minimum Gasteiger partial charge on any atom is -0.207 e. The van der Waals surface area contributed by atoms with Crippen molar-refractivity contribution in [2.75, 3.05) is 0 Å². The number of alkyl halides is 4. The molecule has 0 fully saturated rings. The summed E-state index contributed by atoms with van der Waals surface area (Å²) in [5.41, 5.74) is 0.683. The third-order valence-electron chi connectivity index (χ3n) is 2.10. The molecule has 1 rings (SSSR count). The maximum absolute atomic E-state index is 12.9. The van der Waals surface area contributed by atoms with Crippen LogP contribution in [0.5, 0.6) is 0 Å². The van der Waals surface area contributed by atoms with Crippen LogP contribution in [0.4, 0.5) is 17.6 Å². The van der Waals surface area contributed by atoms with Crippen LogP contribution >= 0.6 is 15.9 Å². The minimum absolute atomic E-state index is 0.0869. The van der Waals surface area contributed by atoms with Gasteiger partial charge in [0.15, 0.2) is 0 Å². The third kappa shape index (κ3) is 2.71. The number of benzene rings is 1. The first kappa shape index (κ1) is 12.5. The van der Waals surface area contributed by atoms with E-state index < -0.39 is 16.8 Å². The van der Waals surface area contributed by atoms with Crippen molar-refractivity contribution in [1.82, 2.24) is 0 Å². The van der Waals surface area contributed by atoms with Crippen LogP contribution in [0.25, 0.3) is 0 Å². The molecular weight excluding hydrogens is 276 g/mol. The second-order valence-electron chi connectivity index (χ2n) is 3.36. The van der Waals surface area contributed by atoms with E-state index in [2.05, 4.69) is 15.9 Å². The molecule has 1 unspecified atom stereocenters. The van der Waals surface area contributed by atoms with Gasteiger partial charge in [0.05, 0.1) is 0 Å². The highest BCUT2D eigenvalue weighted by Crippen LogP contribution is 2.42. The Kier molecular flexibility index (Phi) is 3.43. The first-order valence-electron chi connectivity index (χ1n) is 4.21. The van der Waals surface area contributed by atoms with E-state index >= 15 is 0 Å². The van der Waals surface area contributed by atoms with Gasteiger partial charge in [-0.15, -0.1) is 0 Å². The summed E-state index contributed by atoms with van der Waals surface area (Å²) in [5, 5.41) is 0. The summed E-state index contributed by atoms with van der Waals surface area (Å²) in [4.78, 5) is -1.74. The summed E-state index contributed by atoms with van der Waals surface area (Å²) in [6.45, 7) is 2.93. The molecule has 15 heavy (non-hydrogen) atoms. The smallest absolute Gasteiger partial charge is 0.207 e. The average Bonchev–Trinajstić information content (AvgIpc) is 1.99. The van der Waals surface area contributed by atoms with E-state index in [1.807, 2.05) is 0 Å². The standard InChI is InChI=1S/C10H9BrF4/c1-5-3-7(12)4-6(2)8(5)9(11)10(13,14)15/h3-4,9H,1-2H3. The zero-order valence-corrected chi connectivity index (χ0v) is 9.71. The molecule has 0 bridgehead atoms. The predicted molar refractivity (Wildman–Crippen MR) is 53.6 cm³/mol. The highest BCUT2D eigenvalue weighted by molar-refractivity contribution is 9.09. The van der Waals surface area contributed by atoms with Gasteiger partial charge in [-0.25, -0.2) is 4.39 Å². The lowest BCUT2D eigenvalue weighted by Crippen LogP contribution is -2.17. The topological polar surface area (TPSA) is 0 Å². The number of rotatable bonds is 1. The molecule has 1 atom stereocenters. The molecule has 0 nitrogen and oxygen atoms in total. The van der Waals surface area contributed by atoms with Crippen LogP contribution in [0, 0.1) is 19.7 Å². The van der Waals surface area contributed by atoms with E-state index in [1.54, 1.807) is 0 Å². The summed E-state index contributed by atoms with van der Waals surface area (Å²) in [7, 11) is 0. The molecule has 1 aromatic carbocycles. The van der Waals surface area contributed by atoms with E-state index in [-0.39, 0.29) is 5.56 Å². The van der Waals surface area contributed by atoms with E-state index in [1.165, 1.54) is 13.8 Å². The van der Waals surface area contributed by atoms with Gasteiger partial charge in [0.2, 0.25) is 0 Å². The molecule has 0 aliphatic rings. The average molecular weight is 285 g/mol. The van der Waals surface area contributed by atoms with Crippen LogP contribution in [0.2, 0.25) is 0 Å². The molecule has 0 spiro atoms. The number of hydrogen-bond acceptors (Lipinski definition) is 0. The van der Waals surface area contributed by atoms with Crippen LogP contribution in [0.1, 0.15) is 21.5 Å². The van der Waals surface area contributed by atoms with E-state index in [4.69, 9.17) is 0 Å². The van der Waals surface area contributed by atoms with Crippen LogP contribution in [-0.4, -0.2) is 6.18 Å². The fourth-order valence-corrected chi connectivity index (χ4v) is 2.21. The van der Waals surface area contributed by atoms with Crippen molar-refractivity contribution in [3.8, 4) is 0 Å². The Morgan fingerprint density at radius 1 is 1.13 bits per heavy atom. The molecule has 0 aromatic heterocycles. The van der Waals surface area contributed by atoms with Crippen LogP contribution < -0.4 is 0 Å². The van der Waals surface area contributed by atoms with Crippen molar-refractivity contribution < 1.29 is 17.6 Å². The molecule has 0 N–H and O–H groups in total. The van der Waals surface area contributed by atoms with Crippen molar-refractivity contribution in [2.45, 2.75) is 24.9 Å². The van der Waals surface area contributed by atoms with Gasteiger partial charge in [-0.3, -0.25) is 0 Å². The molecular formula is C10H9BrF4. The quantitative estimate of drug-likeness (QED) is 0.528. The zero-order valence-electron chi connectivity index (χ0n) is 8.12. The Bertz CT molecular complexity index is 347. The molecule has 1 aromatic rings. The second-order valence-corrected chi connectivity index (χ2v) is 4.27. The number of hydrogen-bond donors (Lipinski definition) is 0. The lowest BCUT2D eigenvalue weighted by atomic mass is 9.99. The van der Waals surface area contributed by atoms with Crippen LogP contribution in [0.3, 0.4) is 0 Å². The number of aryl methyl sites for hydroxylation is 2. The van der Waals surface area contributed by atoms with E-state index in [9.17, 15) is 17.6 Å². The third-order valence-corrected chi connectivity index (χ3v) is 3.08. The fraction of sp³-hybridized carbons (Fsp3) is 0.400. The molecule has 5 heteroatoms. The molecule has 0 saturated heterocycles. The van der Waals surface area contributed by atoms with Gasteiger partial charge in [-0.1, -0.05) is 15.9 Å². The Hall–Kier alpha value is -0.580. The molecule has 0 aliphatic carbocycles. The Morgan fingerprint density at radius 3 is 1.87 bits per heavy atom. The lowest BCUT2D eigenvalue weighted by molar-refractivity contribution is -0.128. The second kappa shape index (κ2) is 4.12. The summed E-state index contributed by atoms with van der Waals surface area (Å²) in [5.74, 6) is -0.518. The highest BCUT2D eigenvalue weighted by Gasteiger charge is 2.40. The normalized spacial score (nSPS) is 14.1. The monoisotopic (exact) mass is 284 g/mol. The maximum Gasteiger partial charge on any atom is 0.405 e. The highest BCUT2D eigenvalue weighted by atomic mass is 79.9. The Morgan fingerprint density at radius 2 is 1.53 bits per heavy atom. The first-order chi connectivity index (χ1) is 6.73. The van der Waals surface area contributed by atoms with Crippen molar-refractivity contribution in [2.24, 2.45) is 0 Å². The van der Waals surface area contributed by atoms with Gasteiger partial charge in [0.25, 0.3) is 0 Å². The van der Waals surface area contributed by atoms with Gasteiger partial charge < -0.3 is 0 Å². The van der Waals surface area contributed by atoms with Crippen molar-refractivity contribution in [3.63, 3.8) is 0 Å². The summed E-state index contributed by atoms with van der Waals surface area (Å²) >= 11 is 2.59. The summed E-state index contributed by atoms with van der Waals surface area (Å²) in [6.07, 6.45) is -4.37. The molecule has 0 amide bonds. The van der Waals surface area contributed by atoms with E-state index in [0.717, 1.165) is 12.1 Å². The van der Waals surface area contributed by atoms with Crippen molar-refractivity contribution >= 4 is 15.9 Å². The lowest BCUT2D eigenvalue weighted by Gasteiger charge is -2.18. The Labute approximate surface area is 93.4 Å².